The topological polar surface area (TPSA) is 100 Å². The van der Waals surface area contributed by atoms with E-state index >= 15 is 0 Å². The van der Waals surface area contributed by atoms with E-state index < -0.39 is 15.7 Å². The highest BCUT2D eigenvalue weighted by Gasteiger charge is 2.10. The number of rotatable bonds is 11. The van der Waals surface area contributed by atoms with E-state index in [4.69, 9.17) is 9.15 Å². The Kier molecular flexibility index (Phi) is 7.71. The first-order valence-electron chi connectivity index (χ1n) is 11.0. The predicted molar refractivity (Wildman–Crippen MR) is 129 cm³/mol. The van der Waals surface area contributed by atoms with Crippen LogP contribution in [0, 0.1) is 5.82 Å². The Labute approximate surface area is 203 Å². The molecule has 0 N–H and O–H groups in total. The molecule has 0 fully saturated rings. The van der Waals surface area contributed by atoms with Crippen molar-refractivity contribution in [1.29, 1.82) is 0 Å². The minimum atomic E-state index is -3.46. The van der Waals surface area contributed by atoms with E-state index in [0.29, 0.717) is 5.69 Å². The maximum absolute atomic E-state index is 14.2. The van der Waals surface area contributed by atoms with Crippen molar-refractivity contribution in [2.45, 2.75) is 37.3 Å². The lowest BCUT2D eigenvalue weighted by Crippen LogP contribution is -1.99. The summed E-state index contributed by atoms with van der Waals surface area (Å²) in [5.74, 6) is 0.374. The Balaban J connectivity index is 1.24. The lowest BCUT2D eigenvalue weighted by Gasteiger charge is -2.06. The zero-order valence-electron chi connectivity index (χ0n) is 19.2. The largest absolute Gasteiger partial charge is 0.487 e. The zero-order valence-corrected chi connectivity index (χ0v) is 20.0. The quantitative estimate of drug-likeness (QED) is 0.280. The van der Waals surface area contributed by atoms with Crippen LogP contribution in [0.4, 0.5) is 4.39 Å². The summed E-state index contributed by atoms with van der Waals surface area (Å²) in [6.07, 6.45) is 12.1. The van der Waals surface area contributed by atoms with Crippen LogP contribution in [0.5, 0.6) is 5.75 Å². The summed E-state index contributed by atoms with van der Waals surface area (Å²) >= 11 is 0. The van der Waals surface area contributed by atoms with E-state index in [-0.39, 0.29) is 23.0 Å². The van der Waals surface area contributed by atoms with Gasteiger partial charge in [-0.2, -0.15) is 0 Å². The van der Waals surface area contributed by atoms with E-state index in [9.17, 15) is 12.8 Å². The molecule has 0 aliphatic rings. The van der Waals surface area contributed by atoms with E-state index in [2.05, 4.69) is 15.3 Å². The Morgan fingerprint density at radius 3 is 2.66 bits per heavy atom. The fraction of sp³-hybridized carbons (Fsp3) is 0.240. The number of halogens is 1. The molecule has 2 aromatic carbocycles. The molecule has 0 spiro atoms. The van der Waals surface area contributed by atoms with Gasteiger partial charge in [-0.05, 0) is 55.2 Å². The second kappa shape index (κ2) is 11.1. The molecule has 35 heavy (non-hydrogen) atoms. The van der Waals surface area contributed by atoms with Gasteiger partial charge in [0.05, 0.1) is 11.1 Å². The number of benzene rings is 2. The van der Waals surface area contributed by atoms with Crippen LogP contribution in [0.3, 0.4) is 0 Å². The monoisotopic (exact) mass is 496 g/mol. The first-order valence-corrected chi connectivity index (χ1v) is 12.9. The number of hydrogen-bond donors (Lipinski definition) is 0. The van der Waals surface area contributed by atoms with Crippen molar-refractivity contribution < 1.29 is 22.0 Å². The molecule has 0 saturated carbocycles. The lowest BCUT2D eigenvalue weighted by atomic mass is 10.1. The van der Waals surface area contributed by atoms with Gasteiger partial charge in [0.25, 0.3) is 0 Å². The molecule has 0 aliphatic carbocycles. The summed E-state index contributed by atoms with van der Waals surface area (Å²) in [5.41, 5.74) is 2.06. The van der Waals surface area contributed by atoms with Gasteiger partial charge in [0.2, 0.25) is 5.89 Å². The number of sulfone groups is 1. The standard InChI is InChI=1S/C25H25FN4O4S/c1-35(31,32)23-11-7-20(24(26)16-23)8-12-25-28-21(18-34-25)17-33-22-9-5-19(6-10-22)4-2-3-14-30-15-13-27-29-30/h5-13,15-16,18H,2-4,14,17H2,1H3/b12-8+. The molecule has 0 bridgehead atoms. The lowest BCUT2D eigenvalue weighted by molar-refractivity contribution is 0.301. The van der Waals surface area contributed by atoms with Crippen LogP contribution in [0.15, 0.2) is 70.4 Å². The van der Waals surface area contributed by atoms with Crippen LogP contribution in [0.25, 0.3) is 12.2 Å². The summed E-state index contributed by atoms with van der Waals surface area (Å²) < 4.78 is 50.2. The third-order valence-corrected chi connectivity index (χ3v) is 6.37. The summed E-state index contributed by atoms with van der Waals surface area (Å²) in [6, 6.07) is 11.7. The maximum atomic E-state index is 14.2. The normalized spacial score (nSPS) is 11.8. The number of ether oxygens (including phenoxy) is 1. The van der Waals surface area contributed by atoms with Gasteiger partial charge in [-0.3, -0.25) is 4.68 Å². The maximum Gasteiger partial charge on any atom is 0.218 e. The molecule has 2 aromatic heterocycles. The molecule has 182 valence electrons. The summed E-state index contributed by atoms with van der Waals surface area (Å²) in [6.45, 7) is 1.09. The first kappa shape index (κ1) is 24.3. The smallest absolute Gasteiger partial charge is 0.218 e. The Hall–Kier alpha value is -3.79. The number of hydrogen-bond acceptors (Lipinski definition) is 7. The van der Waals surface area contributed by atoms with Gasteiger partial charge >= 0.3 is 0 Å². The van der Waals surface area contributed by atoms with Gasteiger partial charge in [-0.15, -0.1) is 5.10 Å². The average Bonchev–Trinajstić information content (AvgIpc) is 3.52. The second-order valence-electron chi connectivity index (χ2n) is 8.02. The molecule has 0 radical (unpaired) electrons. The van der Waals surface area contributed by atoms with Gasteiger partial charge in [0.1, 0.15) is 30.1 Å². The molecule has 10 heteroatoms. The number of aromatic nitrogens is 4. The molecule has 0 saturated heterocycles. The minimum absolute atomic E-state index is 0.0705. The SMILES string of the molecule is CS(=O)(=O)c1ccc(/C=C/c2nc(COc3ccc(CCCCn4ccnn4)cc3)co2)c(F)c1. The van der Waals surface area contributed by atoms with Gasteiger partial charge in [-0.25, -0.2) is 17.8 Å². The van der Waals surface area contributed by atoms with Gasteiger partial charge in [-0.1, -0.05) is 23.4 Å². The Morgan fingerprint density at radius 1 is 1.11 bits per heavy atom. The molecule has 0 aliphatic heterocycles. The van der Waals surface area contributed by atoms with Crippen molar-refractivity contribution in [3.63, 3.8) is 0 Å². The first-order chi connectivity index (χ1) is 16.9. The molecule has 4 aromatic rings. The van der Waals surface area contributed by atoms with Crippen molar-refractivity contribution >= 4 is 22.0 Å². The van der Waals surface area contributed by atoms with Crippen LogP contribution in [0.1, 0.15) is 35.6 Å². The van der Waals surface area contributed by atoms with Crippen molar-refractivity contribution in [3.8, 4) is 5.75 Å². The van der Waals surface area contributed by atoms with Gasteiger partial charge in [0, 0.05) is 30.6 Å². The third kappa shape index (κ3) is 7.10. The number of nitrogens with zero attached hydrogens (tertiary/aromatic N) is 4. The van der Waals surface area contributed by atoms with Gasteiger partial charge < -0.3 is 9.15 Å². The fourth-order valence-electron chi connectivity index (χ4n) is 3.36. The van der Waals surface area contributed by atoms with Crippen molar-refractivity contribution in [1.82, 2.24) is 20.0 Å². The predicted octanol–water partition coefficient (Wildman–Crippen LogP) is 4.58. The highest BCUT2D eigenvalue weighted by molar-refractivity contribution is 7.90. The average molecular weight is 497 g/mol. The van der Waals surface area contributed by atoms with Crippen molar-refractivity contribution in [2.75, 3.05) is 6.26 Å². The molecule has 0 amide bonds. The zero-order chi connectivity index (χ0) is 24.7. The van der Waals surface area contributed by atoms with Gasteiger partial charge in [0.15, 0.2) is 9.84 Å². The van der Waals surface area contributed by atoms with E-state index in [1.165, 1.54) is 36.1 Å². The summed E-state index contributed by atoms with van der Waals surface area (Å²) in [5, 5.41) is 7.76. The summed E-state index contributed by atoms with van der Waals surface area (Å²) in [7, 11) is -3.46. The molecular weight excluding hydrogens is 471 g/mol. The van der Waals surface area contributed by atoms with Crippen LogP contribution in [-0.4, -0.2) is 34.7 Å². The van der Waals surface area contributed by atoms with Crippen LogP contribution in [-0.2, 0) is 29.4 Å². The van der Waals surface area contributed by atoms with Crippen LogP contribution >= 0.6 is 0 Å². The van der Waals surface area contributed by atoms with Crippen molar-refractivity contribution in [3.05, 3.63) is 89.7 Å². The molecule has 0 atom stereocenters. The highest BCUT2D eigenvalue weighted by Crippen LogP contribution is 2.19. The molecule has 8 nitrogen and oxygen atoms in total. The van der Waals surface area contributed by atoms with Crippen LogP contribution < -0.4 is 4.74 Å². The molecule has 0 unspecified atom stereocenters. The Morgan fingerprint density at radius 2 is 1.94 bits per heavy atom. The van der Waals surface area contributed by atoms with Crippen molar-refractivity contribution in [2.24, 2.45) is 0 Å². The fourth-order valence-corrected chi connectivity index (χ4v) is 4.00. The highest BCUT2D eigenvalue weighted by atomic mass is 32.2. The molecular formula is C25H25FN4O4S. The number of unbranched alkanes of at least 4 members (excludes halogenated alkanes) is 1. The van der Waals surface area contributed by atoms with E-state index in [0.717, 1.165) is 43.9 Å². The summed E-state index contributed by atoms with van der Waals surface area (Å²) in [4.78, 5) is 4.24. The number of aryl methyl sites for hydroxylation is 2. The number of oxazole rings is 1. The van der Waals surface area contributed by atoms with Crippen LogP contribution in [0.2, 0.25) is 0 Å². The van der Waals surface area contributed by atoms with E-state index in [1.807, 2.05) is 35.1 Å². The van der Waals surface area contributed by atoms with E-state index in [1.54, 1.807) is 6.20 Å². The molecule has 2 heterocycles. The second-order valence-corrected chi connectivity index (χ2v) is 10.0. The third-order valence-electron chi connectivity index (χ3n) is 5.26. The Bertz CT molecular complexity index is 1380. The molecule has 4 rings (SSSR count). The minimum Gasteiger partial charge on any atom is -0.487 e.